The molecule has 0 spiro atoms. The lowest BCUT2D eigenvalue weighted by molar-refractivity contribution is -0.167. The molecule has 82 heavy (non-hydrogen) atoms. The smallest absolute Gasteiger partial charge is 0.306 e. The summed E-state index contributed by atoms with van der Waals surface area (Å²) in [5.74, 6) is -0.861. The second-order valence-electron chi connectivity index (χ2n) is 23.8. The average molecular weight is 1140 g/mol. The minimum absolute atomic E-state index is 0.0733. The van der Waals surface area contributed by atoms with E-state index < -0.39 is 6.10 Å². The molecule has 1 unspecified atom stereocenters. The van der Waals surface area contributed by atoms with E-state index in [-0.39, 0.29) is 31.1 Å². The summed E-state index contributed by atoms with van der Waals surface area (Å²) in [6, 6.07) is 0. The van der Waals surface area contributed by atoms with E-state index in [1.54, 1.807) is 0 Å². The molecule has 0 heterocycles. The molecule has 6 heteroatoms. The first-order chi connectivity index (χ1) is 40.5. The van der Waals surface area contributed by atoms with Gasteiger partial charge in [0.25, 0.3) is 0 Å². The van der Waals surface area contributed by atoms with Gasteiger partial charge in [0.15, 0.2) is 6.10 Å². The fraction of sp³-hybridized carbons (Fsp3) is 0.776. The predicted octanol–water partition coefficient (Wildman–Crippen LogP) is 24.6. The van der Waals surface area contributed by atoms with Gasteiger partial charge in [0.05, 0.1) is 0 Å². The van der Waals surface area contributed by atoms with E-state index in [4.69, 9.17) is 14.2 Å². The maximum absolute atomic E-state index is 12.9. The van der Waals surface area contributed by atoms with E-state index in [1.165, 1.54) is 218 Å². The van der Waals surface area contributed by atoms with Gasteiger partial charge in [-0.3, -0.25) is 14.4 Å². The fourth-order valence-corrected chi connectivity index (χ4v) is 10.3. The van der Waals surface area contributed by atoms with Crippen molar-refractivity contribution in [1.29, 1.82) is 0 Å². The van der Waals surface area contributed by atoms with Gasteiger partial charge >= 0.3 is 17.9 Å². The summed E-state index contributed by atoms with van der Waals surface area (Å²) < 4.78 is 17.0. The van der Waals surface area contributed by atoms with Gasteiger partial charge in [-0.2, -0.15) is 0 Å². The highest BCUT2D eigenvalue weighted by Gasteiger charge is 2.19. The first-order valence-corrected chi connectivity index (χ1v) is 35.6. The van der Waals surface area contributed by atoms with Crippen molar-refractivity contribution in [1.82, 2.24) is 0 Å². The molecule has 0 bridgehead atoms. The average Bonchev–Trinajstić information content (AvgIpc) is 3.48. The van der Waals surface area contributed by atoms with Crippen molar-refractivity contribution in [2.45, 2.75) is 367 Å². The predicted molar refractivity (Wildman–Crippen MR) is 358 cm³/mol. The lowest BCUT2D eigenvalue weighted by Gasteiger charge is -2.18. The van der Waals surface area contributed by atoms with Gasteiger partial charge in [0.1, 0.15) is 13.2 Å². The molecule has 0 aliphatic rings. The van der Waals surface area contributed by atoms with Crippen LogP contribution in [0.5, 0.6) is 0 Å². The molecule has 0 aromatic carbocycles. The summed E-state index contributed by atoms with van der Waals surface area (Å²) in [6.45, 7) is 6.56. The van der Waals surface area contributed by atoms with Crippen molar-refractivity contribution >= 4 is 17.9 Å². The first-order valence-electron chi connectivity index (χ1n) is 35.6. The summed E-state index contributed by atoms with van der Waals surface area (Å²) in [5, 5.41) is 0. The van der Waals surface area contributed by atoms with E-state index >= 15 is 0 Å². The van der Waals surface area contributed by atoms with Crippen LogP contribution in [0.3, 0.4) is 0 Å². The lowest BCUT2D eigenvalue weighted by atomic mass is 10.0. The second-order valence-corrected chi connectivity index (χ2v) is 23.8. The Morgan fingerprint density at radius 1 is 0.256 bits per heavy atom. The van der Waals surface area contributed by atoms with E-state index in [0.717, 1.165) is 103 Å². The van der Waals surface area contributed by atoms with Crippen molar-refractivity contribution in [2.75, 3.05) is 13.2 Å². The molecule has 0 aliphatic carbocycles. The Balaban J connectivity index is 4.14. The van der Waals surface area contributed by atoms with Crippen LogP contribution in [0.25, 0.3) is 0 Å². The zero-order valence-electron chi connectivity index (χ0n) is 54.5. The quantitative estimate of drug-likeness (QED) is 0.0261. The van der Waals surface area contributed by atoms with Crippen LogP contribution in [0.2, 0.25) is 0 Å². The Labute approximate surface area is 509 Å². The van der Waals surface area contributed by atoms with Gasteiger partial charge in [0.2, 0.25) is 0 Å². The van der Waals surface area contributed by atoms with Crippen LogP contribution < -0.4 is 0 Å². The molecular formula is C76H134O6. The summed E-state index contributed by atoms with van der Waals surface area (Å²) >= 11 is 0. The number of carbonyl (C=O) groups is 3. The largest absolute Gasteiger partial charge is 0.462 e. The number of hydrogen-bond donors (Lipinski definition) is 0. The Hall–Kier alpha value is -3.41. The SMILES string of the molecule is CC/C=C\C/C=C\C/C=C\C/C=C\C/C=C\C/C=C\CCCCCCCCCCCCCCCCCCC(=O)OCC(COC(=O)CCCCCCCCCCCCCCCC)OC(=O)CCCCCCC/C=C\CCCCCCCC. The van der Waals surface area contributed by atoms with Crippen LogP contribution in [0.4, 0.5) is 0 Å². The van der Waals surface area contributed by atoms with Crippen LogP contribution in [0.15, 0.2) is 85.1 Å². The molecule has 0 fully saturated rings. The van der Waals surface area contributed by atoms with Gasteiger partial charge < -0.3 is 14.2 Å². The fourth-order valence-electron chi connectivity index (χ4n) is 10.3. The Kier molecular flexibility index (Phi) is 67.2. The standard InChI is InChI=1S/C76H134O6/c1-4-7-10-13-16-19-22-25-28-29-30-31-32-33-34-35-36-37-38-39-40-41-42-43-44-45-46-47-49-51-54-57-60-63-66-69-75(78)81-72-73(71-80-74(77)68-65-62-59-56-53-50-27-24-21-18-15-12-9-6-3)82-76(79)70-67-64-61-58-55-52-48-26-23-20-17-14-11-8-5-2/h7,10,16,19,25-26,28,30-31,33-34,36-37,48,73H,4-6,8-9,11-15,17-18,20-24,27,29,32,35,38-47,49-72H2,1-3H3/b10-7-,19-16-,28-25-,31-30-,34-33-,37-36-,48-26-. The van der Waals surface area contributed by atoms with Crippen molar-refractivity contribution < 1.29 is 28.6 Å². The molecule has 0 aliphatic heterocycles. The Bertz CT molecular complexity index is 1550. The van der Waals surface area contributed by atoms with Crippen LogP contribution in [-0.2, 0) is 28.6 Å². The zero-order chi connectivity index (χ0) is 59.2. The molecule has 0 radical (unpaired) electrons. The third-order valence-electron chi connectivity index (χ3n) is 15.6. The molecule has 0 aromatic heterocycles. The highest BCUT2D eigenvalue weighted by atomic mass is 16.6. The van der Waals surface area contributed by atoms with E-state index in [1.807, 2.05) is 0 Å². The molecule has 0 rings (SSSR count). The van der Waals surface area contributed by atoms with E-state index in [2.05, 4.69) is 106 Å². The molecular weight excluding hydrogens is 1010 g/mol. The monoisotopic (exact) mass is 1140 g/mol. The topological polar surface area (TPSA) is 78.9 Å². The zero-order valence-corrected chi connectivity index (χ0v) is 54.5. The molecule has 6 nitrogen and oxygen atoms in total. The summed E-state index contributed by atoms with van der Waals surface area (Å²) in [5.41, 5.74) is 0. The minimum atomic E-state index is -0.777. The number of hydrogen-bond acceptors (Lipinski definition) is 6. The number of rotatable bonds is 65. The van der Waals surface area contributed by atoms with E-state index in [9.17, 15) is 14.4 Å². The van der Waals surface area contributed by atoms with Crippen molar-refractivity contribution in [3.05, 3.63) is 85.1 Å². The Morgan fingerprint density at radius 2 is 0.476 bits per heavy atom. The van der Waals surface area contributed by atoms with Crippen LogP contribution in [0, 0.1) is 0 Å². The number of unbranched alkanes of at least 4 members (excludes halogenated alkanes) is 40. The van der Waals surface area contributed by atoms with Gasteiger partial charge in [-0.1, -0.05) is 331 Å². The summed E-state index contributed by atoms with van der Waals surface area (Å²) in [7, 11) is 0. The third-order valence-corrected chi connectivity index (χ3v) is 15.6. The Morgan fingerprint density at radius 3 is 0.756 bits per heavy atom. The van der Waals surface area contributed by atoms with Crippen molar-refractivity contribution in [2.24, 2.45) is 0 Å². The van der Waals surface area contributed by atoms with Gasteiger partial charge in [-0.25, -0.2) is 0 Å². The van der Waals surface area contributed by atoms with Gasteiger partial charge in [-0.15, -0.1) is 0 Å². The third kappa shape index (κ3) is 67.4. The number of ether oxygens (including phenoxy) is 3. The summed E-state index contributed by atoms with van der Waals surface area (Å²) in [4.78, 5) is 38.4. The molecule has 0 saturated heterocycles. The highest BCUT2D eigenvalue weighted by Crippen LogP contribution is 2.18. The molecule has 0 saturated carbocycles. The normalized spacial score (nSPS) is 12.6. The second kappa shape index (κ2) is 70.1. The van der Waals surface area contributed by atoms with Gasteiger partial charge in [0, 0.05) is 19.3 Å². The molecule has 0 amide bonds. The molecule has 1 atom stereocenters. The highest BCUT2D eigenvalue weighted by molar-refractivity contribution is 5.71. The number of allylic oxidation sites excluding steroid dienone is 14. The number of carbonyl (C=O) groups excluding carboxylic acids is 3. The van der Waals surface area contributed by atoms with Crippen molar-refractivity contribution in [3.8, 4) is 0 Å². The van der Waals surface area contributed by atoms with Crippen LogP contribution in [-0.4, -0.2) is 37.2 Å². The molecule has 0 N–H and O–H groups in total. The van der Waals surface area contributed by atoms with Gasteiger partial charge in [-0.05, 0) is 96.3 Å². The molecule has 474 valence electrons. The maximum atomic E-state index is 12.9. The lowest BCUT2D eigenvalue weighted by Crippen LogP contribution is -2.30. The van der Waals surface area contributed by atoms with Crippen molar-refractivity contribution in [3.63, 3.8) is 0 Å². The summed E-state index contributed by atoms with van der Waals surface area (Å²) in [6.07, 6.45) is 93.3. The van der Waals surface area contributed by atoms with E-state index in [0.29, 0.717) is 19.3 Å². The number of esters is 3. The minimum Gasteiger partial charge on any atom is -0.462 e. The molecule has 0 aromatic rings. The van der Waals surface area contributed by atoms with Crippen LogP contribution in [0.1, 0.15) is 361 Å². The maximum Gasteiger partial charge on any atom is 0.306 e. The van der Waals surface area contributed by atoms with Crippen LogP contribution >= 0.6 is 0 Å². The first kappa shape index (κ1) is 78.6.